The number of hydrogen-bond donors (Lipinski definition) is 1. The molecule has 0 radical (unpaired) electrons. The molecule has 6 heteroatoms. The van der Waals surface area contributed by atoms with Crippen LogP contribution in [-0.2, 0) is 0 Å². The molecule has 1 aromatic carbocycles. The molecule has 0 fully saturated rings. The summed E-state index contributed by atoms with van der Waals surface area (Å²) < 4.78 is 2.62. The molecule has 82 valence electrons. The first-order chi connectivity index (χ1) is 7.66. The molecule has 0 bridgehead atoms. The van der Waals surface area contributed by atoms with Gasteiger partial charge in [-0.2, -0.15) is 9.78 Å². The Morgan fingerprint density at radius 2 is 2.00 bits per heavy atom. The molecule has 0 saturated heterocycles. The molecule has 1 heterocycles. The Kier molecular flexibility index (Phi) is 3.40. The summed E-state index contributed by atoms with van der Waals surface area (Å²) in [5, 5.41) is 12.4. The first-order valence-corrected chi connectivity index (χ1v) is 5.82. The highest BCUT2D eigenvalue weighted by atomic mass is 79.9. The van der Waals surface area contributed by atoms with Crippen LogP contribution in [0.2, 0.25) is 0 Å². The monoisotopic (exact) mass is 296 g/mol. The smallest absolute Gasteiger partial charge is 0.192 e. The van der Waals surface area contributed by atoms with E-state index in [2.05, 4.69) is 43.9 Å². The molecule has 0 saturated carbocycles. The Bertz CT molecular complexity index is 499. The van der Waals surface area contributed by atoms with Crippen LogP contribution < -0.4 is 0 Å². The average Bonchev–Trinajstić information content (AvgIpc) is 2.59. The normalized spacial score (nSPS) is 11.2. The standard InChI is InChI=1S/C10H9BrN4S/c1-7-13-14-10(16)15(7)12-6-8-2-4-9(11)5-3-8/h2-6H,1H3,(H,14,16). The van der Waals surface area contributed by atoms with Crippen molar-refractivity contribution < 1.29 is 0 Å². The van der Waals surface area contributed by atoms with Crippen molar-refractivity contribution in [3.8, 4) is 0 Å². The zero-order chi connectivity index (χ0) is 11.5. The molecule has 0 aliphatic heterocycles. The molecular weight excluding hydrogens is 288 g/mol. The molecule has 1 aromatic heterocycles. The highest BCUT2D eigenvalue weighted by Gasteiger charge is 2.01. The maximum atomic E-state index is 4.24. The number of thiol groups is 1. The van der Waals surface area contributed by atoms with Gasteiger partial charge >= 0.3 is 0 Å². The topological polar surface area (TPSA) is 43.1 Å². The number of nitrogens with zero attached hydrogens (tertiary/aromatic N) is 4. The minimum absolute atomic E-state index is 0.478. The molecule has 4 nitrogen and oxygen atoms in total. The Hall–Kier alpha value is -1.14. The van der Waals surface area contributed by atoms with Gasteiger partial charge in [-0.3, -0.25) is 0 Å². The van der Waals surface area contributed by atoms with Gasteiger partial charge in [-0.15, -0.1) is 22.8 Å². The second-order valence-electron chi connectivity index (χ2n) is 3.16. The zero-order valence-corrected chi connectivity index (χ0v) is 11.0. The lowest BCUT2D eigenvalue weighted by molar-refractivity contribution is 0.747. The van der Waals surface area contributed by atoms with Crippen molar-refractivity contribution in [2.45, 2.75) is 12.1 Å². The quantitative estimate of drug-likeness (QED) is 0.683. The van der Waals surface area contributed by atoms with Crippen LogP contribution in [0.25, 0.3) is 0 Å². The summed E-state index contributed by atoms with van der Waals surface area (Å²) in [6.45, 7) is 1.83. The summed E-state index contributed by atoms with van der Waals surface area (Å²) in [5.74, 6) is 0.707. The third-order valence-corrected chi connectivity index (χ3v) is 2.78. The molecule has 0 aliphatic carbocycles. The minimum atomic E-state index is 0.478. The predicted molar refractivity (Wildman–Crippen MR) is 69.1 cm³/mol. The Morgan fingerprint density at radius 1 is 1.31 bits per heavy atom. The van der Waals surface area contributed by atoms with Gasteiger partial charge in [-0.05, 0) is 24.6 Å². The molecule has 0 amide bonds. The molecule has 0 unspecified atom stereocenters. The van der Waals surface area contributed by atoms with Crippen LogP contribution >= 0.6 is 28.6 Å². The van der Waals surface area contributed by atoms with Crippen LogP contribution in [0.1, 0.15) is 11.4 Å². The lowest BCUT2D eigenvalue weighted by Crippen LogP contribution is -1.94. The van der Waals surface area contributed by atoms with Crippen LogP contribution in [0.3, 0.4) is 0 Å². The van der Waals surface area contributed by atoms with Crippen LogP contribution in [0, 0.1) is 6.92 Å². The van der Waals surface area contributed by atoms with Crippen molar-refractivity contribution >= 4 is 34.8 Å². The van der Waals surface area contributed by atoms with Crippen molar-refractivity contribution in [3.63, 3.8) is 0 Å². The SMILES string of the molecule is Cc1nnc(S)n1N=Cc1ccc(Br)cc1. The molecule has 0 spiro atoms. The highest BCUT2D eigenvalue weighted by molar-refractivity contribution is 9.10. The Balaban J connectivity index is 2.24. The lowest BCUT2D eigenvalue weighted by Gasteiger charge is -1.97. The third-order valence-electron chi connectivity index (χ3n) is 1.97. The molecule has 0 N–H and O–H groups in total. The van der Waals surface area contributed by atoms with E-state index >= 15 is 0 Å². The van der Waals surface area contributed by atoms with Gasteiger partial charge in [0.05, 0.1) is 6.21 Å². The fourth-order valence-corrected chi connectivity index (χ4v) is 1.66. The number of halogens is 1. The van der Waals surface area contributed by atoms with Gasteiger partial charge in [-0.1, -0.05) is 28.1 Å². The van der Waals surface area contributed by atoms with E-state index in [1.165, 1.54) is 0 Å². The summed E-state index contributed by atoms with van der Waals surface area (Å²) >= 11 is 7.53. The number of rotatable bonds is 2. The number of hydrogen-bond acceptors (Lipinski definition) is 4. The van der Waals surface area contributed by atoms with E-state index < -0.39 is 0 Å². The molecule has 16 heavy (non-hydrogen) atoms. The maximum Gasteiger partial charge on any atom is 0.208 e. The summed E-state index contributed by atoms with van der Waals surface area (Å²) in [6, 6.07) is 7.85. The van der Waals surface area contributed by atoms with E-state index in [1.54, 1.807) is 10.9 Å². The van der Waals surface area contributed by atoms with E-state index in [1.807, 2.05) is 31.2 Å². The second kappa shape index (κ2) is 4.80. The van der Waals surface area contributed by atoms with Crippen molar-refractivity contribution in [3.05, 3.63) is 40.1 Å². The van der Waals surface area contributed by atoms with E-state index in [9.17, 15) is 0 Å². The van der Waals surface area contributed by atoms with Crippen LogP contribution in [-0.4, -0.2) is 21.1 Å². The van der Waals surface area contributed by atoms with Crippen LogP contribution in [0.4, 0.5) is 0 Å². The molecule has 0 atom stereocenters. The van der Waals surface area contributed by atoms with Crippen molar-refractivity contribution in [1.82, 2.24) is 14.9 Å². The number of benzene rings is 1. The van der Waals surface area contributed by atoms with Crippen molar-refractivity contribution in [2.75, 3.05) is 0 Å². The minimum Gasteiger partial charge on any atom is -0.192 e. The fourth-order valence-electron chi connectivity index (χ4n) is 1.15. The second-order valence-corrected chi connectivity index (χ2v) is 4.47. The number of aryl methyl sites for hydroxylation is 1. The van der Waals surface area contributed by atoms with Gasteiger partial charge in [0.2, 0.25) is 5.16 Å². The lowest BCUT2D eigenvalue weighted by atomic mass is 10.2. The van der Waals surface area contributed by atoms with Gasteiger partial charge in [0.15, 0.2) is 5.82 Å². The third kappa shape index (κ3) is 2.51. The summed E-state index contributed by atoms with van der Waals surface area (Å²) in [4.78, 5) is 0. The van der Waals surface area contributed by atoms with Crippen LogP contribution in [0.15, 0.2) is 39.0 Å². The molecule has 2 aromatic rings. The zero-order valence-electron chi connectivity index (χ0n) is 8.50. The van der Waals surface area contributed by atoms with Gasteiger partial charge < -0.3 is 0 Å². The first-order valence-electron chi connectivity index (χ1n) is 4.58. The van der Waals surface area contributed by atoms with E-state index in [4.69, 9.17) is 0 Å². The van der Waals surface area contributed by atoms with Crippen LogP contribution in [0.5, 0.6) is 0 Å². The van der Waals surface area contributed by atoms with Gasteiger partial charge in [0.25, 0.3) is 0 Å². The van der Waals surface area contributed by atoms with E-state index in [0.717, 1.165) is 10.0 Å². The van der Waals surface area contributed by atoms with Crippen molar-refractivity contribution in [1.29, 1.82) is 0 Å². The van der Waals surface area contributed by atoms with Gasteiger partial charge in [-0.25, -0.2) is 0 Å². The van der Waals surface area contributed by atoms with Gasteiger partial charge in [0, 0.05) is 4.47 Å². The molecular formula is C10H9BrN4S. The molecule has 0 aliphatic rings. The van der Waals surface area contributed by atoms with E-state index in [-0.39, 0.29) is 0 Å². The predicted octanol–water partition coefficient (Wildman–Crippen LogP) is 2.52. The summed E-state index contributed by atoms with van der Waals surface area (Å²) in [7, 11) is 0. The Labute approximate surface area is 107 Å². The Morgan fingerprint density at radius 3 is 2.56 bits per heavy atom. The maximum absolute atomic E-state index is 4.24. The average molecular weight is 297 g/mol. The summed E-state index contributed by atoms with van der Waals surface area (Å²) in [5.41, 5.74) is 1.00. The van der Waals surface area contributed by atoms with E-state index in [0.29, 0.717) is 11.0 Å². The number of aromatic nitrogens is 3. The molecule has 2 rings (SSSR count). The fraction of sp³-hybridized carbons (Fsp3) is 0.100. The first kappa shape index (κ1) is 11.3. The highest BCUT2D eigenvalue weighted by Crippen LogP contribution is 2.10. The summed E-state index contributed by atoms with van der Waals surface area (Å²) in [6.07, 6.45) is 1.74. The van der Waals surface area contributed by atoms with Gasteiger partial charge in [0.1, 0.15) is 0 Å². The largest absolute Gasteiger partial charge is 0.208 e. The van der Waals surface area contributed by atoms with Crippen molar-refractivity contribution in [2.24, 2.45) is 5.10 Å².